The van der Waals surface area contributed by atoms with Gasteiger partial charge in [-0.25, -0.2) is 0 Å². The topological polar surface area (TPSA) is 17.1 Å². The van der Waals surface area contributed by atoms with Crippen LogP contribution in [0.4, 0.5) is 0 Å². The molecule has 0 heterocycles. The third kappa shape index (κ3) is 10.5. The lowest BCUT2D eigenvalue weighted by Crippen LogP contribution is -2.07. The summed E-state index contributed by atoms with van der Waals surface area (Å²) in [7, 11) is 0. The van der Waals surface area contributed by atoms with Gasteiger partial charge in [0.2, 0.25) is 0 Å². The summed E-state index contributed by atoms with van der Waals surface area (Å²) in [5.74, 6) is 1.58. The van der Waals surface area contributed by atoms with E-state index in [-0.39, 0.29) is 0 Å². The zero-order valence-corrected chi connectivity index (χ0v) is 12.1. The van der Waals surface area contributed by atoms with E-state index in [1.807, 2.05) is 11.8 Å². The quantitative estimate of drug-likeness (QED) is 0.484. The van der Waals surface area contributed by atoms with Crippen molar-refractivity contribution in [3.05, 3.63) is 0 Å². The molecule has 1 nitrogen and oxygen atoms in total. The van der Waals surface area contributed by atoms with Gasteiger partial charge < -0.3 is 0 Å². The molecule has 0 radical (unpaired) electrons. The van der Waals surface area contributed by atoms with E-state index < -0.39 is 0 Å². The Labute approximate surface area is 106 Å². The number of ketones is 1. The van der Waals surface area contributed by atoms with Crippen LogP contribution in [0.5, 0.6) is 0 Å². The van der Waals surface area contributed by atoms with E-state index in [9.17, 15) is 4.79 Å². The van der Waals surface area contributed by atoms with Crippen LogP contribution in [0.1, 0.15) is 72.1 Å². The summed E-state index contributed by atoms with van der Waals surface area (Å²) < 4.78 is 0. The van der Waals surface area contributed by atoms with Gasteiger partial charge in [0.1, 0.15) is 5.78 Å². The Morgan fingerprint density at radius 2 is 1.69 bits per heavy atom. The van der Waals surface area contributed by atoms with Gasteiger partial charge in [-0.15, -0.1) is 0 Å². The fourth-order valence-corrected chi connectivity index (χ4v) is 2.74. The number of carbonyl (C=O) groups excluding carboxylic acids is 1. The molecule has 2 heteroatoms. The lowest BCUT2D eigenvalue weighted by atomic mass is 10.1. The van der Waals surface area contributed by atoms with Gasteiger partial charge in [-0.05, 0) is 12.2 Å². The van der Waals surface area contributed by atoms with E-state index in [0.29, 0.717) is 11.0 Å². The van der Waals surface area contributed by atoms with Crippen molar-refractivity contribution in [2.75, 3.05) is 5.75 Å². The van der Waals surface area contributed by atoms with Crippen molar-refractivity contribution in [3.63, 3.8) is 0 Å². The SMILES string of the molecule is CCCCCCCCC(=O)CC(C)SCC. The molecule has 0 aliphatic carbocycles. The largest absolute Gasteiger partial charge is 0.300 e. The lowest BCUT2D eigenvalue weighted by Gasteiger charge is -2.08. The minimum absolute atomic E-state index is 0.462. The highest BCUT2D eigenvalue weighted by molar-refractivity contribution is 7.99. The van der Waals surface area contributed by atoms with Gasteiger partial charge in [0.25, 0.3) is 0 Å². The predicted octanol–water partition coefficient (Wildman–Crippen LogP) is 4.84. The molecule has 0 N–H and O–H groups in total. The molecule has 0 aliphatic heterocycles. The summed E-state index contributed by atoms with van der Waals surface area (Å²) >= 11 is 1.89. The molecule has 0 saturated heterocycles. The summed E-state index contributed by atoms with van der Waals surface area (Å²) in [6, 6.07) is 0. The molecule has 1 atom stereocenters. The third-order valence-corrected chi connectivity index (χ3v) is 3.84. The highest BCUT2D eigenvalue weighted by Crippen LogP contribution is 2.15. The smallest absolute Gasteiger partial charge is 0.134 e. The van der Waals surface area contributed by atoms with Crippen LogP contribution in [0.15, 0.2) is 0 Å². The molecule has 0 spiro atoms. The summed E-state index contributed by atoms with van der Waals surface area (Å²) in [5, 5.41) is 0.512. The molecule has 0 fully saturated rings. The van der Waals surface area contributed by atoms with Crippen LogP contribution in [0.25, 0.3) is 0 Å². The van der Waals surface area contributed by atoms with Gasteiger partial charge in [0, 0.05) is 18.1 Å². The Balaban J connectivity index is 3.30. The van der Waals surface area contributed by atoms with Gasteiger partial charge in [-0.3, -0.25) is 4.79 Å². The Morgan fingerprint density at radius 3 is 2.31 bits per heavy atom. The van der Waals surface area contributed by atoms with Crippen LogP contribution >= 0.6 is 11.8 Å². The van der Waals surface area contributed by atoms with Crippen molar-refractivity contribution in [1.29, 1.82) is 0 Å². The van der Waals surface area contributed by atoms with Gasteiger partial charge in [0.15, 0.2) is 0 Å². The number of hydrogen-bond donors (Lipinski definition) is 0. The Kier molecular flexibility index (Phi) is 11.5. The Hall–Kier alpha value is 0.0200. The molecular weight excluding hydrogens is 216 g/mol. The summed E-state index contributed by atoms with van der Waals surface area (Å²) in [5.41, 5.74) is 0. The number of carbonyl (C=O) groups is 1. The minimum Gasteiger partial charge on any atom is -0.300 e. The van der Waals surface area contributed by atoms with Crippen molar-refractivity contribution >= 4 is 17.5 Å². The zero-order chi connectivity index (χ0) is 12.2. The fourth-order valence-electron chi connectivity index (χ4n) is 1.87. The Bertz CT molecular complexity index is 168. The number of thioether (sulfide) groups is 1. The van der Waals surface area contributed by atoms with Gasteiger partial charge in [-0.1, -0.05) is 52.9 Å². The van der Waals surface area contributed by atoms with Crippen molar-refractivity contribution in [1.82, 2.24) is 0 Å². The van der Waals surface area contributed by atoms with E-state index in [2.05, 4.69) is 20.8 Å². The molecule has 0 bridgehead atoms. The summed E-state index contributed by atoms with van der Waals surface area (Å²) in [4.78, 5) is 11.6. The van der Waals surface area contributed by atoms with Crippen LogP contribution in [0.2, 0.25) is 0 Å². The predicted molar refractivity (Wildman–Crippen MR) is 75.2 cm³/mol. The molecule has 0 amide bonds. The normalized spacial score (nSPS) is 12.7. The van der Waals surface area contributed by atoms with Crippen molar-refractivity contribution in [2.24, 2.45) is 0 Å². The number of hydrogen-bond acceptors (Lipinski definition) is 2. The van der Waals surface area contributed by atoms with Crippen LogP contribution in [-0.2, 0) is 4.79 Å². The number of Topliss-reactive ketones (excluding diaryl/α,β-unsaturated/α-hetero) is 1. The molecule has 0 aliphatic rings. The first-order chi connectivity index (χ1) is 7.70. The van der Waals surface area contributed by atoms with E-state index in [1.165, 1.54) is 32.1 Å². The molecule has 96 valence electrons. The van der Waals surface area contributed by atoms with Gasteiger partial charge in [0.05, 0.1) is 0 Å². The standard InChI is InChI=1S/C14H28OS/c1-4-6-7-8-9-10-11-14(15)12-13(3)16-5-2/h13H,4-12H2,1-3H3. The highest BCUT2D eigenvalue weighted by atomic mass is 32.2. The van der Waals surface area contributed by atoms with Crippen LogP contribution < -0.4 is 0 Å². The number of unbranched alkanes of at least 4 members (excludes halogenated alkanes) is 5. The molecular formula is C14H28OS. The van der Waals surface area contributed by atoms with E-state index in [0.717, 1.165) is 25.0 Å². The van der Waals surface area contributed by atoms with E-state index in [4.69, 9.17) is 0 Å². The molecule has 0 aromatic heterocycles. The van der Waals surface area contributed by atoms with Gasteiger partial charge in [-0.2, -0.15) is 11.8 Å². The third-order valence-electron chi connectivity index (χ3n) is 2.78. The van der Waals surface area contributed by atoms with E-state index >= 15 is 0 Å². The van der Waals surface area contributed by atoms with E-state index in [1.54, 1.807) is 0 Å². The minimum atomic E-state index is 0.462. The second kappa shape index (κ2) is 11.5. The maximum Gasteiger partial charge on any atom is 0.134 e. The molecule has 0 rings (SSSR count). The van der Waals surface area contributed by atoms with Crippen molar-refractivity contribution in [2.45, 2.75) is 77.4 Å². The average molecular weight is 244 g/mol. The van der Waals surface area contributed by atoms with Crippen molar-refractivity contribution < 1.29 is 4.79 Å². The van der Waals surface area contributed by atoms with Crippen LogP contribution in [0, 0.1) is 0 Å². The maximum atomic E-state index is 11.6. The average Bonchev–Trinajstić information content (AvgIpc) is 2.23. The first kappa shape index (κ1) is 16.0. The summed E-state index contributed by atoms with van der Waals surface area (Å²) in [6.07, 6.45) is 9.21. The highest BCUT2D eigenvalue weighted by Gasteiger charge is 2.08. The van der Waals surface area contributed by atoms with Crippen molar-refractivity contribution in [3.8, 4) is 0 Å². The second-order valence-corrected chi connectivity index (χ2v) is 6.24. The lowest BCUT2D eigenvalue weighted by molar-refractivity contribution is -0.119. The molecule has 16 heavy (non-hydrogen) atoms. The summed E-state index contributed by atoms with van der Waals surface area (Å²) in [6.45, 7) is 6.54. The molecule has 0 saturated carbocycles. The first-order valence-corrected chi connectivity index (χ1v) is 7.88. The number of rotatable bonds is 11. The van der Waals surface area contributed by atoms with Crippen LogP contribution in [0.3, 0.4) is 0 Å². The maximum absolute atomic E-state index is 11.6. The molecule has 0 aromatic carbocycles. The zero-order valence-electron chi connectivity index (χ0n) is 11.3. The first-order valence-electron chi connectivity index (χ1n) is 6.84. The van der Waals surface area contributed by atoms with Crippen LogP contribution in [-0.4, -0.2) is 16.8 Å². The molecule has 0 aromatic rings. The second-order valence-electron chi connectivity index (χ2n) is 4.53. The monoisotopic (exact) mass is 244 g/mol. The fraction of sp³-hybridized carbons (Fsp3) is 0.929. The Morgan fingerprint density at radius 1 is 1.06 bits per heavy atom. The van der Waals surface area contributed by atoms with Gasteiger partial charge >= 0.3 is 0 Å². The molecule has 1 unspecified atom stereocenters.